The molecule has 2 atom stereocenters. The minimum Gasteiger partial charge on any atom is -0.508 e. The van der Waals surface area contributed by atoms with Gasteiger partial charge in [0, 0.05) is 35.4 Å². The molecule has 0 radical (unpaired) electrons. The Morgan fingerprint density at radius 2 is 1.07 bits per heavy atom. The Morgan fingerprint density at radius 1 is 0.596 bits per heavy atom. The molecule has 6 rings (SSSR count). The van der Waals surface area contributed by atoms with Crippen molar-refractivity contribution in [2.45, 2.75) is 129 Å². The first-order valence-corrected chi connectivity index (χ1v) is 18.8. The van der Waals surface area contributed by atoms with Crippen molar-refractivity contribution in [1.82, 2.24) is 0 Å². The van der Waals surface area contributed by atoms with Crippen LogP contribution in [-0.4, -0.2) is 44.5 Å². The third-order valence-corrected chi connectivity index (χ3v) is 11.4. The third-order valence-electron chi connectivity index (χ3n) is 11.4. The maximum atomic E-state index is 13.3. The van der Waals surface area contributed by atoms with Crippen molar-refractivity contribution in [1.29, 1.82) is 0 Å². The summed E-state index contributed by atoms with van der Waals surface area (Å²) in [6.07, 6.45) is -2.01. The number of phenols is 4. The molecule has 4 aromatic carbocycles. The fourth-order valence-electron chi connectivity index (χ4n) is 7.61. The number of hydrogen-bond donors (Lipinski definition) is 4. The van der Waals surface area contributed by atoms with Gasteiger partial charge in [-0.05, 0) is 153 Å². The third kappa shape index (κ3) is 7.92. The molecule has 1 aliphatic heterocycles. The number of rotatable bonds is 6. The van der Waals surface area contributed by atoms with Gasteiger partial charge in [-0.15, -0.1) is 0 Å². The van der Waals surface area contributed by atoms with E-state index in [1.807, 2.05) is 69.2 Å². The molecule has 1 aliphatic rings. The smallest absolute Gasteiger partial charge is 0.239 e. The van der Waals surface area contributed by atoms with E-state index in [1.165, 1.54) is 23.3 Å². The molecule has 0 amide bonds. The number of hydrogen-bond acceptors (Lipinski definition) is 10. The molecule has 0 aliphatic carbocycles. The predicted octanol–water partition coefficient (Wildman–Crippen LogP) is 10.6. The van der Waals surface area contributed by atoms with Gasteiger partial charge in [0.25, 0.3) is 0 Å². The van der Waals surface area contributed by atoms with Crippen LogP contribution in [0.2, 0.25) is 0 Å². The molecular formula is C47H58O10. The minimum atomic E-state index is -0.887. The van der Waals surface area contributed by atoms with Gasteiger partial charge in [0.1, 0.15) is 45.3 Å². The Hall–Kier alpha value is -5.48. The number of phenolic OH excluding ortho intramolecular Hbond substituents is 4. The van der Waals surface area contributed by atoms with Crippen molar-refractivity contribution in [2.75, 3.05) is 0 Å². The topological polar surface area (TPSA) is 156 Å². The van der Waals surface area contributed by atoms with Crippen molar-refractivity contribution in [3.05, 3.63) is 101 Å². The van der Waals surface area contributed by atoms with Crippen LogP contribution < -0.4 is 14.9 Å². The van der Waals surface area contributed by atoms with Crippen LogP contribution >= 0.6 is 0 Å². The lowest BCUT2D eigenvalue weighted by Gasteiger charge is -2.36. The number of carbonyl (C=O) groups excluding carboxylic acids is 1. The van der Waals surface area contributed by atoms with Crippen LogP contribution in [0.15, 0.2) is 33.5 Å². The summed E-state index contributed by atoms with van der Waals surface area (Å²) >= 11 is 0. The first-order chi connectivity index (χ1) is 26.1. The molecule has 2 heterocycles. The largest absolute Gasteiger partial charge is 0.508 e. The lowest BCUT2D eigenvalue weighted by atomic mass is 9.83. The minimum absolute atomic E-state index is 0. The lowest BCUT2D eigenvalue weighted by Crippen LogP contribution is -2.40. The first-order valence-electron chi connectivity index (χ1n) is 18.8. The molecule has 5 aromatic rings. The van der Waals surface area contributed by atoms with Crippen LogP contribution in [-0.2, 0) is 4.74 Å². The predicted molar refractivity (Wildman–Crippen MR) is 225 cm³/mol. The molecule has 0 fully saturated rings. The highest BCUT2D eigenvalue weighted by Crippen LogP contribution is 2.46. The normalized spacial score (nSPS) is 14.9. The molecule has 57 heavy (non-hydrogen) atoms. The van der Waals surface area contributed by atoms with Crippen molar-refractivity contribution < 1.29 is 43.8 Å². The van der Waals surface area contributed by atoms with Gasteiger partial charge < -0.3 is 39.1 Å². The zero-order valence-electron chi connectivity index (χ0n) is 34.9. The summed E-state index contributed by atoms with van der Waals surface area (Å²) in [4.78, 5) is 26.5. The number of Topliss-reactive ketones (excluding diaryl/α,β-unsaturated/α-hetero) is 1. The van der Waals surface area contributed by atoms with Crippen LogP contribution in [0.3, 0.4) is 0 Å². The second kappa shape index (κ2) is 16.5. The molecule has 306 valence electrons. The van der Waals surface area contributed by atoms with Crippen LogP contribution in [0, 0.1) is 69.2 Å². The van der Waals surface area contributed by atoms with Crippen molar-refractivity contribution in [3.63, 3.8) is 0 Å². The maximum absolute atomic E-state index is 13.3. The summed E-state index contributed by atoms with van der Waals surface area (Å²) in [5.74, 6) is -0.765. The van der Waals surface area contributed by atoms with Gasteiger partial charge in [-0.25, -0.2) is 0 Å². The number of fused-ring (bicyclic) bond motifs is 2. The quantitative estimate of drug-likeness (QED) is 0.131. The molecule has 0 bridgehead atoms. The fourth-order valence-corrected chi connectivity index (χ4v) is 7.61. The molecule has 10 heteroatoms. The standard InChI is InChI=1S/C23H28O5.C23H26O5.CH4/c2*1-10(2)27-23-21(26)20-17(25)8-16(24)9-18(20)28-22(23)19-14(6)12(4)11(3)13(5)15(19)7;/h8-10,22-25H,1-7H3;8-10,24-25H,1-7H3;1H4. The summed E-state index contributed by atoms with van der Waals surface area (Å²) in [6.45, 7) is 27.8. The molecule has 1 aromatic heterocycles. The highest BCUT2D eigenvalue weighted by atomic mass is 16.6. The van der Waals surface area contributed by atoms with E-state index in [1.54, 1.807) is 0 Å². The Bertz CT molecular complexity index is 2390. The molecular weight excluding hydrogens is 725 g/mol. The van der Waals surface area contributed by atoms with Gasteiger partial charge in [0.2, 0.25) is 17.0 Å². The molecule has 10 nitrogen and oxygen atoms in total. The number of ether oxygens (including phenoxy) is 3. The fraction of sp³-hybridized carbons (Fsp3) is 0.404. The van der Waals surface area contributed by atoms with E-state index in [0.717, 1.165) is 67.8 Å². The van der Waals surface area contributed by atoms with Gasteiger partial charge in [-0.3, -0.25) is 9.59 Å². The van der Waals surface area contributed by atoms with E-state index in [-0.39, 0.29) is 76.4 Å². The molecule has 4 N–H and O–H groups in total. The van der Waals surface area contributed by atoms with Crippen LogP contribution in [0.25, 0.3) is 22.3 Å². The second-order valence-electron chi connectivity index (χ2n) is 15.5. The zero-order chi connectivity index (χ0) is 41.8. The first kappa shape index (κ1) is 44.2. The van der Waals surface area contributed by atoms with Gasteiger partial charge >= 0.3 is 0 Å². The number of ketones is 1. The summed E-state index contributed by atoms with van der Waals surface area (Å²) in [5, 5.41) is 40.2. The summed E-state index contributed by atoms with van der Waals surface area (Å²) in [7, 11) is 0. The van der Waals surface area contributed by atoms with Gasteiger partial charge in [-0.2, -0.15) is 0 Å². The number of aromatic hydroxyl groups is 4. The maximum Gasteiger partial charge on any atom is 0.239 e. The molecule has 2 unspecified atom stereocenters. The van der Waals surface area contributed by atoms with Gasteiger partial charge in [0.15, 0.2) is 18.0 Å². The van der Waals surface area contributed by atoms with Crippen LogP contribution in [0.5, 0.6) is 34.5 Å². The Morgan fingerprint density at radius 3 is 1.58 bits per heavy atom. The van der Waals surface area contributed by atoms with Crippen LogP contribution in [0.4, 0.5) is 0 Å². The van der Waals surface area contributed by atoms with Gasteiger partial charge in [0.05, 0.1) is 12.2 Å². The van der Waals surface area contributed by atoms with Crippen molar-refractivity contribution in [2.24, 2.45) is 0 Å². The Labute approximate surface area is 335 Å². The summed E-state index contributed by atoms with van der Waals surface area (Å²) < 4.78 is 24.1. The van der Waals surface area contributed by atoms with E-state index in [9.17, 15) is 30.0 Å². The van der Waals surface area contributed by atoms with E-state index < -0.39 is 17.6 Å². The average molecular weight is 783 g/mol. The zero-order valence-corrected chi connectivity index (χ0v) is 34.9. The summed E-state index contributed by atoms with van der Waals surface area (Å²) in [6, 6.07) is 4.96. The Kier molecular flexibility index (Phi) is 12.8. The second-order valence-corrected chi connectivity index (χ2v) is 15.5. The number of carbonyl (C=O) groups is 1. The van der Waals surface area contributed by atoms with E-state index in [2.05, 4.69) is 27.7 Å². The van der Waals surface area contributed by atoms with Crippen LogP contribution in [0.1, 0.15) is 113 Å². The molecule has 0 spiro atoms. The summed E-state index contributed by atoms with van der Waals surface area (Å²) in [5.41, 5.74) is 12.5. The number of benzene rings is 4. The highest BCUT2D eigenvalue weighted by Gasteiger charge is 2.43. The molecule has 0 saturated heterocycles. The highest BCUT2D eigenvalue weighted by molar-refractivity contribution is 6.06. The SMILES string of the molecule is C.Cc1c(C)c(C)c(-c2oc3cc(O)cc(O)c3c(=O)c2OC(C)C)c(C)c1C.Cc1c(C)c(C)c(C2Oc3cc(O)cc(O)c3C(=O)C2OC(C)C)c(C)c1C. The van der Waals surface area contributed by atoms with E-state index in [4.69, 9.17) is 18.6 Å². The lowest BCUT2D eigenvalue weighted by molar-refractivity contribution is -0.0470. The van der Waals surface area contributed by atoms with Crippen molar-refractivity contribution >= 4 is 16.8 Å². The monoisotopic (exact) mass is 782 g/mol. The van der Waals surface area contributed by atoms with Crippen molar-refractivity contribution in [3.8, 4) is 45.8 Å². The van der Waals surface area contributed by atoms with E-state index in [0.29, 0.717) is 5.76 Å². The van der Waals surface area contributed by atoms with E-state index >= 15 is 0 Å². The molecule has 0 saturated carbocycles. The van der Waals surface area contributed by atoms with Gasteiger partial charge in [-0.1, -0.05) is 7.43 Å². The average Bonchev–Trinajstić information content (AvgIpc) is 3.10. The Balaban J connectivity index is 0.000000248.